The van der Waals surface area contributed by atoms with Crippen LogP contribution >= 0.6 is 11.3 Å². The Morgan fingerprint density at radius 2 is 1.96 bits per heavy atom. The number of carbonyl (C=O) groups is 1. The van der Waals surface area contributed by atoms with E-state index in [1.807, 2.05) is 72.4 Å². The molecule has 0 saturated carbocycles. The number of aromatic nitrogens is 2. The van der Waals surface area contributed by atoms with Crippen LogP contribution in [0, 0.1) is 13.8 Å². The van der Waals surface area contributed by atoms with Gasteiger partial charge in [0.15, 0.2) is 0 Å². The summed E-state index contributed by atoms with van der Waals surface area (Å²) in [6, 6.07) is 13.8. The van der Waals surface area contributed by atoms with Gasteiger partial charge in [-0.05, 0) is 43.5 Å². The predicted molar refractivity (Wildman–Crippen MR) is 95.0 cm³/mol. The van der Waals surface area contributed by atoms with Crippen molar-refractivity contribution in [3.8, 4) is 5.69 Å². The summed E-state index contributed by atoms with van der Waals surface area (Å²) >= 11 is 1.60. The number of nitrogens with zero attached hydrogens (tertiary/aromatic N) is 2. The Bertz CT molecular complexity index is 833. The molecule has 0 aliphatic heterocycles. The second-order valence-electron chi connectivity index (χ2n) is 5.13. The van der Waals surface area contributed by atoms with Crippen molar-refractivity contribution in [3.63, 3.8) is 0 Å². The highest BCUT2D eigenvalue weighted by atomic mass is 32.1. The molecule has 4 nitrogen and oxygen atoms in total. The van der Waals surface area contributed by atoms with E-state index in [2.05, 4.69) is 10.4 Å². The van der Waals surface area contributed by atoms with Gasteiger partial charge in [0.25, 0.3) is 0 Å². The summed E-state index contributed by atoms with van der Waals surface area (Å²) in [5.41, 5.74) is 3.44. The van der Waals surface area contributed by atoms with E-state index >= 15 is 0 Å². The molecule has 1 aromatic carbocycles. The number of rotatable bonds is 4. The van der Waals surface area contributed by atoms with Crippen molar-refractivity contribution in [2.75, 3.05) is 5.32 Å². The standard InChI is InChI=1S/C18H17N3OS/c1-13-18(19-17(22)11-10-16-9-6-12-23-16)14(2)21(20-13)15-7-4-3-5-8-15/h3-12H,1-2H3,(H,19,22)/b11-10+. The number of anilines is 1. The van der Waals surface area contributed by atoms with Crippen LogP contribution in [0.25, 0.3) is 11.8 Å². The first-order valence-electron chi connectivity index (χ1n) is 7.29. The van der Waals surface area contributed by atoms with E-state index in [9.17, 15) is 4.79 Å². The van der Waals surface area contributed by atoms with E-state index in [-0.39, 0.29) is 5.91 Å². The van der Waals surface area contributed by atoms with Gasteiger partial charge in [-0.2, -0.15) is 5.10 Å². The van der Waals surface area contributed by atoms with Gasteiger partial charge in [0.1, 0.15) is 0 Å². The van der Waals surface area contributed by atoms with Crippen LogP contribution in [0.15, 0.2) is 53.9 Å². The highest BCUT2D eigenvalue weighted by Gasteiger charge is 2.14. The highest BCUT2D eigenvalue weighted by molar-refractivity contribution is 7.10. The number of carbonyl (C=O) groups excluding carboxylic acids is 1. The van der Waals surface area contributed by atoms with E-state index in [1.165, 1.54) is 0 Å². The van der Waals surface area contributed by atoms with Crippen molar-refractivity contribution in [2.24, 2.45) is 0 Å². The molecule has 0 fully saturated rings. The maximum absolute atomic E-state index is 12.1. The predicted octanol–water partition coefficient (Wildman–Crippen LogP) is 4.20. The summed E-state index contributed by atoms with van der Waals surface area (Å²) in [5.74, 6) is -0.155. The summed E-state index contributed by atoms with van der Waals surface area (Å²) in [6.45, 7) is 3.84. The number of nitrogens with one attached hydrogen (secondary N) is 1. The Hall–Kier alpha value is -2.66. The molecule has 5 heteroatoms. The van der Waals surface area contributed by atoms with Gasteiger partial charge in [0.05, 0.1) is 22.8 Å². The normalized spacial score (nSPS) is 11.0. The van der Waals surface area contributed by atoms with Crippen LogP contribution in [0.4, 0.5) is 5.69 Å². The topological polar surface area (TPSA) is 46.9 Å². The first-order chi connectivity index (χ1) is 11.1. The van der Waals surface area contributed by atoms with Gasteiger partial charge in [-0.3, -0.25) is 4.79 Å². The van der Waals surface area contributed by atoms with Crippen molar-refractivity contribution < 1.29 is 4.79 Å². The monoisotopic (exact) mass is 323 g/mol. The number of aryl methyl sites for hydroxylation is 1. The second-order valence-corrected chi connectivity index (χ2v) is 6.11. The average Bonchev–Trinajstić information content (AvgIpc) is 3.17. The Labute approximate surface area is 139 Å². The van der Waals surface area contributed by atoms with Crippen LogP contribution in [-0.2, 0) is 4.79 Å². The van der Waals surface area contributed by atoms with Gasteiger partial charge in [0, 0.05) is 11.0 Å². The molecule has 0 aliphatic rings. The van der Waals surface area contributed by atoms with Crippen LogP contribution < -0.4 is 5.32 Å². The molecular formula is C18H17N3OS. The molecule has 0 bridgehead atoms. The molecule has 2 heterocycles. The Morgan fingerprint density at radius 1 is 1.17 bits per heavy atom. The van der Waals surface area contributed by atoms with Crippen molar-refractivity contribution in [1.29, 1.82) is 0 Å². The first-order valence-corrected chi connectivity index (χ1v) is 8.17. The molecule has 0 saturated heterocycles. The van der Waals surface area contributed by atoms with E-state index in [0.29, 0.717) is 0 Å². The third-order valence-corrected chi connectivity index (χ3v) is 4.32. The van der Waals surface area contributed by atoms with Crippen LogP contribution in [0.3, 0.4) is 0 Å². The number of amides is 1. The van der Waals surface area contributed by atoms with Gasteiger partial charge in [0.2, 0.25) is 5.91 Å². The number of hydrogen-bond acceptors (Lipinski definition) is 3. The van der Waals surface area contributed by atoms with Crippen molar-refractivity contribution in [2.45, 2.75) is 13.8 Å². The molecule has 0 unspecified atom stereocenters. The minimum absolute atomic E-state index is 0.155. The lowest BCUT2D eigenvalue weighted by atomic mass is 10.3. The molecule has 0 radical (unpaired) electrons. The van der Waals surface area contributed by atoms with Crippen molar-refractivity contribution in [1.82, 2.24) is 9.78 Å². The number of benzene rings is 1. The lowest BCUT2D eigenvalue weighted by Crippen LogP contribution is -2.09. The van der Waals surface area contributed by atoms with Gasteiger partial charge in [-0.1, -0.05) is 24.3 Å². The Morgan fingerprint density at radius 3 is 2.65 bits per heavy atom. The molecule has 23 heavy (non-hydrogen) atoms. The van der Waals surface area contributed by atoms with Gasteiger partial charge < -0.3 is 5.32 Å². The summed E-state index contributed by atoms with van der Waals surface area (Å²) in [5, 5.41) is 9.43. The minimum atomic E-state index is -0.155. The smallest absolute Gasteiger partial charge is 0.248 e. The minimum Gasteiger partial charge on any atom is -0.319 e. The lowest BCUT2D eigenvalue weighted by Gasteiger charge is -2.05. The van der Waals surface area contributed by atoms with Crippen LogP contribution in [-0.4, -0.2) is 15.7 Å². The van der Waals surface area contributed by atoms with Crippen LogP contribution in [0.1, 0.15) is 16.3 Å². The third-order valence-electron chi connectivity index (χ3n) is 3.48. The van der Waals surface area contributed by atoms with Crippen molar-refractivity contribution in [3.05, 3.63) is 70.2 Å². The second kappa shape index (κ2) is 6.62. The Balaban J connectivity index is 1.81. The maximum Gasteiger partial charge on any atom is 0.248 e. The summed E-state index contributed by atoms with van der Waals surface area (Å²) in [4.78, 5) is 13.2. The van der Waals surface area contributed by atoms with Crippen molar-refractivity contribution >= 4 is 29.0 Å². The largest absolute Gasteiger partial charge is 0.319 e. The Kier molecular flexibility index (Phi) is 4.39. The maximum atomic E-state index is 12.1. The van der Waals surface area contributed by atoms with Crippen LogP contribution in [0.2, 0.25) is 0 Å². The SMILES string of the molecule is Cc1nn(-c2ccccc2)c(C)c1NC(=O)/C=C/c1cccs1. The number of thiophene rings is 1. The summed E-state index contributed by atoms with van der Waals surface area (Å²) in [7, 11) is 0. The van der Waals surface area contributed by atoms with E-state index in [4.69, 9.17) is 0 Å². The quantitative estimate of drug-likeness (QED) is 0.731. The molecular weight excluding hydrogens is 306 g/mol. The fraction of sp³-hybridized carbons (Fsp3) is 0.111. The zero-order chi connectivity index (χ0) is 16.2. The van der Waals surface area contributed by atoms with E-state index < -0.39 is 0 Å². The highest BCUT2D eigenvalue weighted by Crippen LogP contribution is 2.22. The average molecular weight is 323 g/mol. The fourth-order valence-electron chi connectivity index (χ4n) is 2.35. The molecule has 2 aromatic heterocycles. The zero-order valence-corrected chi connectivity index (χ0v) is 13.8. The fourth-order valence-corrected chi connectivity index (χ4v) is 2.97. The van der Waals surface area contributed by atoms with Crippen LogP contribution in [0.5, 0.6) is 0 Å². The van der Waals surface area contributed by atoms with Gasteiger partial charge in [-0.15, -0.1) is 11.3 Å². The molecule has 116 valence electrons. The summed E-state index contributed by atoms with van der Waals surface area (Å²) < 4.78 is 1.84. The molecule has 1 N–H and O–H groups in total. The number of para-hydroxylation sites is 1. The molecule has 3 rings (SSSR count). The molecule has 1 amide bonds. The molecule has 3 aromatic rings. The van der Waals surface area contributed by atoms with E-state index in [1.54, 1.807) is 17.4 Å². The number of hydrogen-bond donors (Lipinski definition) is 1. The van der Waals surface area contributed by atoms with Gasteiger partial charge in [-0.25, -0.2) is 4.68 Å². The molecule has 0 spiro atoms. The first kappa shape index (κ1) is 15.2. The summed E-state index contributed by atoms with van der Waals surface area (Å²) in [6.07, 6.45) is 3.36. The zero-order valence-electron chi connectivity index (χ0n) is 13.0. The molecule has 0 atom stereocenters. The van der Waals surface area contributed by atoms with E-state index in [0.717, 1.165) is 27.6 Å². The molecule has 0 aliphatic carbocycles. The lowest BCUT2D eigenvalue weighted by molar-refractivity contribution is -0.111. The van der Waals surface area contributed by atoms with Gasteiger partial charge >= 0.3 is 0 Å². The third kappa shape index (κ3) is 3.40.